The SMILES string of the molecule is CCCCCOc1ccc(C2C(C(=O)c3cccs3)=C(O)C(=O)N2c2nc3ccc(OCC)cc3s2)cc1. The molecule has 9 heteroatoms. The Kier molecular flexibility index (Phi) is 7.76. The van der Waals surface area contributed by atoms with Crippen molar-refractivity contribution >= 4 is 49.7 Å². The number of Topliss-reactive ketones (excluding diaryl/α,β-unsaturated/α-hetero) is 1. The lowest BCUT2D eigenvalue weighted by Crippen LogP contribution is -2.30. The summed E-state index contributed by atoms with van der Waals surface area (Å²) < 4.78 is 12.3. The zero-order valence-electron chi connectivity index (χ0n) is 21.2. The van der Waals surface area contributed by atoms with Gasteiger partial charge in [0.25, 0.3) is 5.91 Å². The topological polar surface area (TPSA) is 89.0 Å². The average Bonchev–Trinajstić information content (AvgIpc) is 3.66. The predicted molar refractivity (Wildman–Crippen MR) is 151 cm³/mol. The number of thiazole rings is 1. The number of hydrogen-bond donors (Lipinski definition) is 1. The maximum atomic E-state index is 13.5. The number of aliphatic hydroxyl groups excluding tert-OH is 1. The second-order valence-electron chi connectivity index (χ2n) is 8.83. The van der Waals surface area contributed by atoms with E-state index in [1.807, 2.05) is 49.4 Å². The molecule has 4 aromatic rings. The average molecular weight is 549 g/mol. The van der Waals surface area contributed by atoms with Gasteiger partial charge in [0.2, 0.25) is 5.78 Å². The number of thiophene rings is 1. The monoisotopic (exact) mass is 548 g/mol. The molecule has 1 unspecified atom stereocenters. The molecule has 1 amide bonds. The summed E-state index contributed by atoms with van der Waals surface area (Å²) in [6.45, 7) is 5.22. The molecule has 1 N–H and O–H groups in total. The van der Waals surface area contributed by atoms with Crippen molar-refractivity contribution < 1.29 is 24.2 Å². The number of ketones is 1. The first-order chi connectivity index (χ1) is 18.5. The maximum absolute atomic E-state index is 13.5. The molecule has 5 rings (SSSR count). The van der Waals surface area contributed by atoms with Crippen molar-refractivity contribution in [2.45, 2.75) is 39.2 Å². The number of amides is 1. The van der Waals surface area contributed by atoms with Crippen LogP contribution in [0, 0.1) is 0 Å². The molecule has 38 heavy (non-hydrogen) atoms. The summed E-state index contributed by atoms with van der Waals surface area (Å²) in [5, 5.41) is 13.2. The van der Waals surface area contributed by atoms with E-state index in [0.29, 0.717) is 45.8 Å². The van der Waals surface area contributed by atoms with Gasteiger partial charge in [0.1, 0.15) is 11.5 Å². The van der Waals surface area contributed by atoms with Crippen molar-refractivity contribution in [2.75, 3.05) is 18.1 Å². The van der Waals surface area contributed by atoms with E-state index >= 15 is 0 Å². The Morgan fingerprint density at radius 2 is 1.84 bits per heavy atom. The summed E-state index contributed by atoms with van der Waals surface area (Å²) in [4.78, 5) is 33.6. The minimum atomic E-state index is -0.835. The van der Waals surface area contributed by atoms with Gasteiger partial charge >= 0.3 is 0 Å². The number of unbranched alkanes of at least 4 members (excludes halogenated alkanes) is 2. The van der Waals surface area contributed by atoms with Crippen molar-refractivity contribution in [3.63, 3.8) is 0 Å². The van der Waals surface area contributed by atoms with Gasteiger partial charge in [0, 0.05) is 0 Å². The fourth-order valence-corrected chi connectivity index (χ4v) is 6.13. The Bertz CT molecular complexity index is 1470. The van der Waals surface area contributed by atoms with Gasteiger partial charge in [-0.3, -0.25) is 14.5 Å². The lowest BCUT2D eigenvalue weighted by atomic mass is 9.95. The Morgan fingerprint density at radius 1 is 1.05 bits per heavy atom. The first-order valence-corrected chi connectivity index (χ1v) is 14.3. The van der Waals surface area contributed by atoms with Gasteiger partial charge in [0.15, 0.2) is 10.9 Å². The van der Waals surface area contributed by atoms with E-state index in [9.17, 15) is 14.7 Å². The summed E-state index contributed by atoms with van der Waals surface area (Å²) in [5.74, 6) is -0.161. The number of nitrogens with zero attached hydrogens (tertiary/aromatic N) is 2. The first-order valence-electron chi connectivity index (χ1n) is 12.6. The van der Waals surface area contributed by atoms with E-state index in [1.54, 1.807) is 17.5 Å². The smallest absolute Gasteiger partial charge is 0.296 e. The highest BCUT2D eigenvalue weighted by Crippen LogP contribution is 2.45. The second-order valence-corrected chi connectivity index (χ2v) is 10.8. The first kappa shape index (κ1) is 25.9. The Morgan fingerprint density at radius 3 is 2.55 bits per heavy atom. The number of carbonyl (C=O) groups excluding carboxylic acids is 2. The highest BCUT2D eigenvalue weighted by atomic mass is 32.1. The van der Waals surface area contributed by atoms with Gasteiger partial charge in [-0.1, -0.05) is 49.3 Å². The molecule has 1 aliphatic rings. The van der Waals surface area contributed by atoms with E-state index in [0.717, 1.165) is 24.0 Å². The molecule has 0 saturated heterocycles. The van der Waals surface area contributed by atoms with E-state index in [2.05, 4.69) is 11.9 Å². The number of carbonyl (C=O) groups is 2. The second kappa shape index (κ2) is 11.4. The standard InChI is InChI=1S/C29H28N2O5S2/c1-3-5-6-15-36-19-11-9-18(10-12-19)25-24(26(32)22-8-7-16-37-22)27(33)28(34)31(25)29-30-21-14-13-20(35-4-2)17-23(21)38-29/h7-14,16-17,25,33H,3-6,15H2,1-2H3. The number of benzene rings is 2. The molecule has 3 heterocycles. The molecule has 0 radical (unpaired) electrons. The molecule has 0 saturated carbocycles. The summed E-state index contributed by atoms with van der Waals surface area (Å²) in [5.41, 5.74) is 1.43. The molecule has 196 valence electrons. The number of hydrogen-bond acceptors (Lipinski definition) is 8. The molecule has 7 nitrogen and oxygen atoms in total. The fraction of sp³-hybridized carbons (Fsp3) is 0.276. The van der Waals surface area contributed by atoms with Crippen LogP contribution in [-0.4, -0.2) is 35.0 Å². The van der Waals surface area contributed by atoms with Crippen LogP contribution in [0.1, 0.15) is 54.4 Å². The summed E-state index contributed by atoms with van der Waals surface area (Å²) in [7, 11) is 0. The van der Waals surface area contributed by atoms with Crippen LogP contribution in [0.5, 0.6) is 11.5 Å². The number of fused-ring (bicyclic) bond motifs is 1. The van der Waals surface area contributed by atoms with E-state index in [1.165, 1.54) is 27.6 Å². The highest BCUT2D eigenvalue weighted by molar-refractivity contribution is 7.22. The third-order valence-electron chi connectivity index (χ3n) is 6.28. The number of ether oxygens (including phenoxy) is 2. The molecule has 1 atom stereocenters. The third-order valence-corrected chi connectivity index (χ3v) is 8.16. The normalized spacial score (nSPS) is 15.5. The predicted octanol–water partition coefficient (Wildman–Crippen LogP) is 7.11. The molecular formula is C29H28N2O5S2. The van der Waals surface area contributed by atoms with Crippen LogP contribution >= 0.6 is 22.7 Å². The van der Waals surface area contributed by atoms with Crippen molar-refractivity contribution in [3.05, 3.63) is 81.8 Å². The number of aliphatic hydroxyl groups is 1. The molecular weight excluding hydrogens is 520 g/mol. The van der Waals surface area contributed by atoms with Crippen molar-refractivity contribution in [3.8, 4) is 11.5 Å². The molecule has 0 fully saturated rings. The number of aromatic nitrogens is 1. The molecule has 0 spiro atoms. The quantitative estimate of drug-likeness (QED) is 0.159. The van der Waals surface area contributed by atoms with Gasteiger partial charge in [-0.25, -0.2) is 4.98 Å². The van der Waals surface area contributed by atoms with E-state index < -0.39 is 17.7 Å². The van der Waals surface area contributed by atoms with Crippen LogP contribution in [0.2, 0.25) is 0 Å². The van der Waals surface area contributed by atoms with Gasteiger partial charge in [0.05, 0.1) is 39.9 Å². The highest BCUT2D eigenvalue weighted by Gasteiger charge is 2.46. The van der Waals surface area contributed by atoms with Crippen LogP contribution in [0.25, 0.3) is 10.2 Å². The molecule has 2 aromatic carbocycles. The Balaban J connectivity index is 1.54. The van der Waals surface area contributed by atoms with Gasteiger partial charge in [-0.2, -0.15) is 0 Å². The lowest BCUT2D eigenvalue weighted by Gasteiger charge is -2.24. The summed E-state index contributed by atoms with van der Waals surface area (Å²) in [6, 6.07) is 15.5. The van der Waals surface area contributed by atoms with E-state index in [4.69, 9.17) is 9.47 Å². The summed E-state index contributed by atoms with van der Waals surface area (Å²) in [6.07, 6.45) is 3.19. The van der Waals surface area contributed by atoms with Crippen molar-refractivity contribution in [1.82, 2.24) is 4.98 Å². The van der Waals surface area contributed by atoms with Crippen molar-refractivity contribution in [1.29, 1.82) is 0 Å². The molecule has 1 aliphatic heterocycles. The van der Waals surface area contributed by atoms with Gasteiger partial charge in [-0.15, -0.1) is 11.3 Å². The van der Waals surface area contributed by atoms with Gasteiger partial charge < -0.3 is 14.6 Å². The minimum absolute atomic E-state index is 0.0447. The van der Waals surface area contributed by atoms with Crippen LogP contribution in [-0.2, 0) is 4.79 Å². The lowest BCUT2D eigenvalue weighted by molar-refractivity contribution is -0.117. The fourth-order valence-electron chi connectivity index (χ4n) is 4.43. The Labute approximate surface area is 229 Å². The van der Waals surface area contributed by atoms with Crippen LogP contribution in [0.15, 0.2) is 71.3 Å². The molecule has 2 aromatic heterocycles. The van der Waals surface area contributed by atoms with Crippen LogP contribution in [0.3, 0.4) is 0 Å². The molecule has 0 bridgehead atoms. The van der Waals surface area contributed by atoms with Crippen LogP contribution in [0.4, 0.5) is 5.13 Å². The summed E-state index contributed by atoms with van der Waals surface area (Å²) >= 11 is 2.58. The van der Waals surface area contributed by atoms with Crippen LogP contribution < -0.4 is 14.4 Å². The van der Waals surface area contributed by atoms with Crippen molar-refractivity contribution in [2.24, 2.45) is 0 Å². The number of anilines is 1. The maximum Gasteiger partial charge on any atom is 0.296 e. The number of rotatable bonds is 11. The minimum Gasteiger partial charge on any atom is -0.503 e. The Hall–Kier alpha value is -3.69. The largest absolute Gasteiger partial charge is 0.503 e. The third kappa shape index (κ3) is 5.04. The zero-order chi connectivity index (χ0) is 26.6. The zero-order valence-corrected chi connectivity index (χ0v) is 22.8. The van der Waals surface area contributed by atoms with Gasteiger partial charge in [-0.05, 0) is 60.7 Å². The van der Waals surface area contributed by atoms with E-state index in [-0.39, 0.29) is 11.4 Å². The molecule has 0 aliphatic carbocycles.